The van der Waals surface area contributed by atoms with Gasteiger partial charge in [-0.15, -0.1) is 0 Å². The second-order valence-corrected chi connectivity index (χ2v) is 7.36. The zero-order chi connectivity index (χ0) is 16.1. The largest absolute Gasteiger partial charge is 0.361 e. The highest BCUT2D eigenvalue weighted by atomic mass is 15.2. The smallest absolute Gasteiger partial charge is 0.0459 e. The van der Waals surface area contributed by atoms with Crippen LogP contribution in [0.5, 0.6) is 0 Å². The Morgan fingerprint density at radius 2 is 1.92 bits per heavy atom. The van der Waals surface area contributed by atoms with Crippen molar-refractivity contribution in [3.8, 4) is 0 Å². The summed E-state index contributed by atoms with van der Waals surface area (Å²) >= 11 is 0. The summed E-state index contributed by atoms with van der Waals surface area (Å²) in [6, 6.07) is 16.5. The number of unbranched alkanes of at least 4 members (excludes halogenated alkanes) is 1. The van der Waals surface area contributed by atoms with Crippen LogP contribution in [0.2, 0.25) is 0 Å². The average Bonchev–Trinajstić information content (AvgIpc) is 3.04. The van der Waals surface area contributed by atoms with Crippen molar-refractivity contribution in [3.05, 3.63) is 70.9 Å². The van der Waals surface area contributed by atoms with Crippen LogP contribution in [0, 0.1) is 0 Å². The van der Waals surface area contributed by atoms with Gasteiger partial charge in [0.25, 0.3) is 0 Å². The summed E-state index contributed by atoms with van der Waals surface area (Å²) < 4.78 is 0. The predicted molar refractivity (Wildman–Crippen MR) is 99.4 cm³/mol. The zero-order valence-corrected chi connectivity index (χ0v) is 14.3. The van der Waals surface area contributed by atoms with Gasteiger partial charge in [-0.3, -0.25) is 4.90 Å². The molecule has 0 amide bonds. The Morgan fingerprint density at radius 1 is 1.04 bits per heavy atom. The molecule has 0 spiro atoms. The normalized spacial score (nSPS) is 22.4. The second kappa shape index (κ2) is 5.49. The van der Waals surface area contributed by atoms with Crippen LogP contribution < -0.4 is 0 Å². The number of rotatable bonds is 3. The van der Waals surface area contributed by atoms with Crippen molar-refractivity contribution in [2.24, 2.45) is 0 Å². The molecule has 0 unspecified atom stereocenters. The summed E-state index contributed by atoms with van der Waals surface area (Å²) in [5.74, 6) is 0.513. The highest BCUT2D eigenvalue weighted by Gasteiger charge is 2.39. The van der Waals surface area contributed by atoms with Gasteiger partial charge in [-0.25, -0.2) is 0 Å². The Bertz CT molecular complexity index is 892. The molecular formula is C22H24N2. The number of fused-ring (bicyclic) bond motifs is 4. The molecule has 2 heteroatoms. The van der Waals surface area contributed by atoms with E-state index in [2.05, 4.69) is 65.5 Å². The van der Waals surface area contributed by atoms with Crippen molar-refractivity contribution in [1.29, 1.82) is 0 Å². The van der Waals surface area contributed by atoms with Gasteiger partial charge >= 0.3 is 0 Å². The van der Waals surface area contributed by atoms with E-state index in [0.29, 0.717) is 12.0 Å². The summed E-state index contributed by atoms with van der Waals surface area (Å²) in [6.07, 6.45) is 5.96. The fourth-order valence-electron chi connectivity index (χ4n) is 4.89. The molecule has 0 saturated heterocycles. The fourth-order valence-corrected chi connectivity index (χ4v) is 4.89. The molecule has 2 aliphatic rings. The summed E-state index contributed by atoms with van der Waals surface area (Å²) in [5, 5.41) is 1.48. The molecule has 1 N–H and O–H groups in total. The lowest BCUT2D eigenvalue weighted by molar-refractivity contribution is 0.150. The second-order valence-electron chi connectivity index (χ2n) is 7.36. The summed E-state index contributed by atoms with van der Waals surface area (Å²) in [7, 11) is 0. The van der Waals surface area contributed by atoms with Crippen LogP contribution in [-0.4, -0.2) is 22.5 Å². The fraction of sp³-hybridized carbons (Fsp3) is 0.364. The quantitative estimate of drug-likeness (QED) is 0.732. The standard InChI is InChI=1S/C22H24N2/c1-2-3-11-24-14-15-7-4-5-8-17(15)22-18-9-6-10-19-21(18)16(13-23-19)12-20(22)24/h4-10,13,20,22-23H,2-3,11-12,14H2,1H3/t20-,22-/m1/s1. The Morgan fingerprint density at radius 3 is 2.83 bits per heavy atom. The van der Waals surface area contributed by atoms with Crippen molar-refractivity contribution in [2.75, 3.05) is 6.54 Å². The average molecular weight is 316 g/mol. The van der Waals surface area contributed by atoms with Gasteiger partial charge in [0.2, 0.25) is 0 Å². The number of nitrogens with one attached hydrogen (secondary N) is 1. The molecular weight excluding hydrogens is 292 g/mol. The Labute approximate surface area is 143 Å². The van der Waals surface area contributed by atoms with Crippen molar-refractivity contribution in [3.63, 3.8) is 0 Å². The number of hydrogen-bond acceptors (Lipinski definition) is 1. The minimum atomic E-state index is 0.513. The molecule has 0 radical (unpaired) electrons. The molecule has 1 aromatic heterocycles. The van der Waals surface area contributed by atoms with Gasteiger partial charge in [0, 0.05) is 35.6 Å². The molecule has 1 aliphatic carbocycles. The van der Waals surface area contributed by atoms with Crippen molar-refractivity contribution < 1.29 is 0 Å². The van der Waals surface area contributed by atoms with Crippen molar-refractivity contribution in [2.45, 2.75) is 44.7 Å². The van der Waals surface area contributed by atoms with Gasteiger partial charge in [-0.1, -0.05) is 49.7 Å². The summed E-state index contributed by atoms with van der Waals surface area (Å²) in [4.78, 5) is 6.23. The Kier molecular flexibility index (Phi) is 3.27. The van der Waals surface area contributed by atoms with E-state index in [1.165, 1.54) is 53.4 Å². The molecule has 24 heavy (non-hydrogen) atoms. The third-order valence-electron chi connectivity index (χ3n) is 6.00. The Balaban J connectivity index is 1.70. The van der Waals surface area contributed by atoms with Crippen molar-refractivity contribution in [1.82, 2.24) is 9.88 Å². The first kappa shape index (κ1) is 14.3. The highest BCUT2D eigenvalue weighted by Crippen LogP contribution is 2.46. The maximum absolute atomic E-state index is 3.49. The molecule has 1 aliphatic heterocycles. The number of H-pyrrole nitrogens is 1. The van der Waals surface area contributed by atoms with Gasteiger partial charge < -0.3 is 4.98 Å². The maximum Gasteiger partial charge on any atom is 0.0459 e. The first-order valence-corrected chi connectivity index (χ1v) is 9.27. The van der Waals surface area contributed by atoms with Crippen LogP contribution in [0.15, 0.2) is 48.7 Å². The van der Waals surface area contributed by atoms with E-state index in [4.69, 9.17) is 0 Å². The Hall–Kier alpha value is -2.06. The van der Waals surface area contributed by atoms with Crippen LogP contribution in [0.3, 0.4) is 0 Å². The van der Waals surface area contributed by atoms with Crippen molar-refractivity contribution >= 4 is 10.9 Å². The third-order valence-corrected chi connectivity index (χ3v) is 6.00. The lowest BCUT2D eigenvalue weighted by atomic mass is 9.72. The van der Waals surface area contributed by atoms with Gasteiger partial charge in [0.15, 0.2) is 0 Å². The van der Waals surface area contributed by atoms with E-state index >= 15 is 0 Å². The zero-order valence-electron chi connectivity index (χ0n) is 14.3. The molecule has 2 aromatic carbocycles. The van der Waals surface area contributed by atoms with E-state index in [9.17, 15) is 0 Å². The number of aromatic nitrogens is 1. The van der Waals surface area contributed by atoms with Gasteiger partial charge in [0.05, 0.1) is 0 Å². The predicted octanol–water partition coefficient (Wildman–Crippen LogP) is 4.84. The maximum atomic E-state index is 3.49. The van der Waals surface area contributed by atoms with Gasteiger partial charge in [-0.2, -0.15) is 0 Å². The van der Waals surface area contributed by atoms with Crippen LogP contribution in [0.25, 0.3) is 10.9 Å². The monoisotopic (exact) mass is 316 g/mol. The lowest BCUT2D eigenvalue weighted by Crippen LogP contribution is -2.46. The van der Waals surface area contributed by atoms with Gasteiger partial charge in [-0.05, 0) is 47.7 Å². The number of nitrogens with zero attached hydrogens (tertiary/aromatic N) is 1. The molecule has 0 saturated carbocycles. The van der Waals surface area contributed by atoms with Gasteiger partial charge in [0.1, 0.15) is 0 Å². The first-order valence-electron chi connectivity index (χ1n) is 9.27. The summed E-state index contributed by atoms with van der Waals surface area (Å²) in [6.45, 7) is 4.61. The van der Waals surface area contributed by atoms with E-state index in [1.807, 2.05) is 0 Å². The van der Waals surface area contributed by atoms with E-state index < -0.39 is 0 Å². The molecule has 2 atom stereocenters. The molecule has 5 rings (SSSR count). The molecule has 0 fully saturated rings. The van der Waals surface area contributed by atoms with Crippen LogP contribution in [0.1, 0.15) is 47.9 Å². The minimum absolute atomic E-state index is 0.513. The SMILES string of the molecule is CCCCN1Cc2ccccc2[C@@H]2c3cccc4[nH]cc(c34)C[C@H]21. The van der Waals surface area contributed by atoms with Crippen LogP contribution >= 0.6 is 0 Å². The van der Waals surface area contributed by atoms with Crippen LogP contribution in [-0.2, 0) is 13.0 Å². The third kappa shape index (κ3) is 1.99. The number of benzene rings is 2. The molecule has 122 valence electrons. The van der Waals surface area contributed by atoms with Crippen LogP contribution in [0.4, 0.5) is 0 Å². The van der Waals surface area contributed by atoms with E-state index in [-0.39, 0.29) is 0 Å². The lowest BCUT2D eigenvalue weighted by Gasteiger charge is -2.45. The molecule has 3 aromatic rings. The highest BCUT2D eigenvalue weighted by molar-refractivity contribution is 5.89. The summed E-state index contributed by atoms with van der Waals surface area (Å²) in [5.41, 5.74) is 7.39. The van der Waals surface area contributed by atoms with E-state index in [1.54, 1.807) is 5.56 Å². The molecule has 2 heterocycles. The minimum Gasteiger partial charge on any atom is -0.361 e. The number of hydrogen-bond donors (Lipinski definition) is 1. The number of aromatic amines is 1. The molecule has 0 bridgehead atoms. The van der Waals surface area contributed by atoms with E-state index in [0.717, 1.165) is 6.54 Å². The topological polar surface area (TPSA) is 19.0 Å². The first-order chi connectivity index (χ1) is 11.9. The molecule has 2 nitrogen and oxygen atoms in total.